The maximum atomic E-state index is 12.2. The minimum atomic E-state index is -0.819. The monoisotopic (exact) mass is 454 g/mol. The molecule has 0 atom stereocenters. The number of aromatic nitrogens is 2. The largest absolute Gasteiger partial charge is 0.444 e. The lowest BCUT2D eigenvalue weighted by Gasteiger charge is -2.26. The average molecular weight is 455 g/mol. The molecule has 33 heavy (non-hydrogen) atoms. The van der Waals surface area contributed by atoms with Gasteiger partial charge >= 0.3 is 6.09 Å². The molecular formula is C24H34N6O3. The molecule has 1 N–H and O–H groups in total. The van der Waals surface area contributed by atoms with Gasteiger partial charge in [0, 0.05) is 19.6 Å². The normalized spacial score (nSPS) is 16.1. The first-order chi connectivity index (χ1) is 15.5. The number of nitriles is 1. The smallest absolute Gasteiger partial charge is 0.408 e. The van der Waals surface area contributed by atoms with Gasteiger partial charge in [0.1, 0.15) is 11.1 Å². The number of amides is 1. The summed E-state index contributed by atoms with van der Waals surface area (Å²) < 4.78 is 10.8. The van der Waals surface area contributed by atoms with Gasteiger partial charge in [-0.1, -0.05) is 17.3 Å². The Morgan fingerprint density at radius 1 is 1.09 bits per heavy atom. The highest BCUT2D eigenvalue weighted by atomic mass is 16.6. The number of carbonyl (C=O) groups is 1. The van der Waals surface area contributed by atoms with Crippen molar-refractivity contribution in [3.8, 4) is 6.07 Å². The Morgan fingerprint density at radius 3 is 2.33 bits per heavy atom. The molecule has 1 aliphatic rings. The number of rotatable bonds is 6. The molecule has 0 aliphatic carbocycles. The Hall–Kier alpha value is -2.96. The van der Waals surface area contributed by atoms with E-state index in [1.807, 2.05) is 58.9 Å². The van der Waals surface area contributed by atoms with Crippen LogP contribution in [-0.4, -0.2) is 57.8 Å². The van der Waals surface area contributed by atoms with Crippen LogP contribution < -0.4 is 5.32 Å². The number of alkyl carbamates (subject to hydrolysis) is 1. The molecule has 2 aromatic rings. The molecule has 2 heterocycles. The maximum Gasteiger partial charge on any atom is 0.408 e. The van der Waals surface area contributed by atoms with E-state index < -0.39 is 17.2 Å². The standard InChI is InChI=1S/C24H34N6O3/c1-23(2,3)32-22(31)27-24(4,5)21-26-20(33-28-21)17-30-12-6-11-29(13-14-30)16-19-9-7-18(15-25)8-10-19/h7-10H,6,11-14,16-17H2,1-5H3,(H,27,31). The van der Waals surface area contributed by atoms with Crippen LogP contribution in [0.5, 0.6) is 0 Å². The lowest BCUT2D eigenvalue weighted by molar-refractivity contribution is 0.0465. The third kappa shape index (κ3) is 7.55. The Bertz CT molecular complexity index is 971. The van der Waals surface area contributed by atoms with E-state index in [1.54, 1.807) is 0 Å². The first-order valence-electron chi connectivity index (χ1n) is 11.3. The van der Waals surface area contributed by atoms with E-state index in [2.05, 4.69) is 31.3 Å². The van der Waals surface area contributed by atoms with Gasteiger partial charge in [0.25, 0.3) is 0 Å². The predicted octanol–water partition coefficient (Wildman–Crippen LogP) is 3.41. The predicted molar refractivity (Wildman–Crippen MR) is 123 cm³/mol. The van der Waals surface area contributed by atoms with Crippen molar-refractivity contribution < 1.29 is 14.1 Å². The lowest BCUT2D eigenvalue weighted by atomic mass is 10.1. The fourth-order valence-electron chi connectivity index (χ4n) is 3.66. The Labute approximate surface area is 195 Å². The Morgan fingerprint density at radius 2 is 1.73 bits per heavy atom. The number of carbonyl (C=O) groups excluding carboxylic acids is 1. The fraction of sp³-hybridized carbons (Fsp3) is 0.583. The van der Waals surface area contributed by atoms with E-state index >= 15 is 0 Å². The van der Waals surface area contributed by atoms with Crippen molar-refractivity contribution in [2.45, 2.75) is 65.3 Å². The summed E-state index contributed by atoms with van der Waals surface area (Å²) in [5.41, 5.74) is 0.497. The fourth-order valence-corrected chi connectivity index (χ4v) is 3.66. The van der Waals surface area contributed by atoms with Gasteiger partial charge in [0.15, 0.2) is 5.82 Å². The van der Waals surface area contributed by atoms with Gasteiger partial charge < -0.3 is 14.6 Å². The van der Waals surface area contributed by atoms with Crippen LogP contribution in [0.15, 0.2) is 28.8 Å². The molecular weight excluding hydrogens is 420 g/mol. The summed E-state index contributed by atoms with van der Waals surface area (Å²) >= 11 is 0. The molecule has 0 unspecified atom stereocenters. The second-order valence-corrected chi connectivity index (χ2v) is 9.98. The topological polar surface area (TPSA) is 108 Å². The minimum Gasteiger partial charge on any atom is -0.444 e. The van der Waals surface area contributed by atoms with E-state index in [1.165, 1.54) is 5.56 Å². The molecule has 1 amide bonds. The van der Waals surface area contributed by atoms with Gasteiger partial charge in [0.2, 0.25) is 5.89 Å². The van der Waals surface area contributed by atoms with Crippen LogP contribution in [0, 0.1) is 11.3 Å². The number of hydrogen-bond donors (Lipinski definition) is 1. The van der Waals surface area contributed by atoms with E-state index in [0.717, 1.165) is 39.1 Å². The summed E-state index contributed by atoms with van der Waals surface area (Å²) in [7, 11) is 0. The highest BCUT2D eigenvalue weighted by Gasteiger charge is 2.31. The molecule has 0 spiro atoms. The highest BCUT2D eigenvalue weighted by molar-refractivity contribution is 5.68. The van der Waals surface area contributed by atoms with Crippen LogP contribution in [0.3, 0.4) is 0 Å². The zero-order valence-electron chi connectivity index (χ0n) is 20.2. The maximum absolute atomic E-state index is 12.2. The van der Waals surface area contributed by atoms with Gasteiger partial charge in [-0.3, -0.25) is 9.80 Å². The second kappa shape index (κ2) is 10.3. The van der Waals surface area contributed by atoms with E-state index in [0.29, 0.717) is 23.8 Å². The van der Waals surface area contributed by atoms with Crippen molar-refractivity contribution in [1.82, 2.24) is 25.3 Å². The van der Waals surface area contributed by atoms with E-state index in [9.17, 15) is 4.79 Å². The Balaban J connectivity index is 1.52. The third-order valence-corrected chi connectivity index (χ3v) is 5.37. The SMILES string of the molecule is CC(C)(C)OC(=O)NC(C)(C)c1noc(CN2CCCN(Cc3ccc(C#N)cc3)CC2)n1. The first kappa shape index (κ1) is 24.7. The molecule has 0 bridgehead atoms. The van der Waals surface area contributed by atoms with E-state index in [-0.39, 0.29) is 0 Å². The first-order valence-corrected chi connectivity index (χ1v) is 11.3. The summed E-state index contributed by atoms with van der Waals surface area (Å²) in [4.78, 5) is 21.4. The van der Waals surface area contributed by atoms with Gasteiger partial charge in [-0.2, -0.15) is 10.2 Å². The Kier molecular flexibility index (Phi) is 7.72. The summed E-state index contributed by atoms with van der Waals surface area (Å²) in [5.74, 6) is 0.949. The van der Waals surface area contributed by atoms with Crippen molar-refractivity contribution in [2.24, 2.45) is 0 Å². The third-order valence-electron chi connectivity index (χ3n) is 5.37. The second-order valence-electron chi connectivity index (χ2n) is 9.98. The summed E-state index contributed by atoms with van der Waals surface area (Å²) in [6.45, 7) is 14.3. The van der Waals surface area contributed by atoms with Crippen molar-refractivity contribution in [2.75, 3.05) is 26.2 Å². The zero-order chi connectivity index (χ0) is 24.1. The number of ether oxygens (including phenoxy) is 1. The molecule has 9 heteroatoms. The summed E-state index contributed by atoms with van der Waals surface area (Å²) in [6, 6.07) is 9.94. The molecule has 0 radical (unpaired) electrons. The van der Waals surface area contributed by atoms with Crippen molar-refractivity contribution in [3.63, 3.8) is 0 Å². The van der Waals surface area contributed by atoms with E-state index in [4.69, 9.17) is 14.5 Å². The molecule has 1 aliphatic heterocycles. The molecule has 0 saturated carbocycles. The van der Waals surface area contributed by atoms with Crippen LogP contribution in [0.2, 0.25) is 0 Å². The van der Waals surface area contributed by atoms with Crippen LogP contribution >= 0.6 is 0 Å². The number of hydrogen-bond acceptors (Lipinski definition) is 8. The van der Waals surface area contributed by atoms with Crippen LogP contribution in [0.4, 0.5) is 4.79 Å². The van der Waals surface area contributed by atoms with Crippen molar-refractivity contribution in [1.29, 1.82) is 5.26 Å². The number of benzene rings is 1. The molecule has 3 rings (SSSR count). The molecule has 178 valence electrons. The highest BCUT2D eigenvalue weighted by Crippen LogP contribution is 2.19. The molecule has 9 nitrogen and oxygen atoms in total. The molecule has 1 aromatic heterocycles. The zero-order valence-corrected chi connectivity index (χ0v) is 20.2. The minimum absolute atomic E-state index is 0.417. The average Bonchev–Trinajstić information content (AvgIpc) is 3.09. The molecule has 1 fully saturated rings. The number of nitrogens with zero attached hydrogens (tertiary/aromatic N) is 5. The van der Waals surface area contributed by atoms with Crippen LogP contribution in [0.25, 0.3) is 0 Å². The number of nitrogens with one attached hydrogen (secondary N) is 1. The van der Waals surface area contributed by atoms with Crippen LogP contribution in [0.1, 0.15) is 63.9 Å². The van der Waals surface area contributed by atoms with Crippen LogP contribution in [-0.2, 0) is 23.4 Å². The summed E-state index contributed by atoms with van der Waals surface area (Å²) in [5, 5.41) is 15.9. The van der Waals surface area contributed by atoms with Gasteiger partial charge in [-0.15, -0.1) is 0 Å². The lowest BCUT2D eigenvalue weighted by Crippen LogP contribution is -2.44. The molecule has 1 aromatic carbocycles. The van der Waals surface area contributed by atoms with Gasteiger partial charge in [0.05, 0.1) is 18.2 Å². The van der Waals surface area contributed by atoms with Gasteiger partial charge in [-0.25, -0.2) is 4.79 Å². The molecule has 1 saturated heterocycles. The van der Waals surface area contributed by atoms with Crippen molar-refractivity contribution in [3.05, 3.63) is 47.1 Å². The quantitative estimate of drug-likeness (QED) is 0.708. The summed E-state index contributed by atoms with van der Waals surface area (Å²) in [6.07, 6.45) is 0.525. The van der Waals surface area contributed by atoms with Gasteiger partial charge in [-0.05, 0) is 71.8 Å². The van der Waals surface area contributed by atoms with Crippen molar-refractivity contribution >= 4 is 6.09 Å².